The van der Waals surface area contributed by atoms with Crippen LogP contribution in [0.4, 0.5) is 18.0 Å². The second-order valence-corrected chi connectivity index (χ2v) is 12.6. The van der Waals surface area contributed by atoms with Crippen LogP contribution in [0.5, 0.6) is 0 Å². The number of aromatic nitrogens is 3. The Hall–Kier alpha value is -4.91. The quantitative estimate of drug-likeness (QED) is 0.0721. The van der Waals surface area contributed by atoms with Crippen LogP contribution >= 0.6 is 11.8 Å². The zero-order valence-electron chi connectivity index (χ0n) is 27.1. The molecule has 0 saturated carbocycles. The van der Waals surface area contributed by atoms with E-state index < -0.39 is 46.7 Å². The number of hydrogen-bond donors (Lipinski definition) is 0. The maximum atomic E-state index is 15.6. The van der Waals surface area contributed by atoms with Gasteiger partial charge >= 0.3 is 12.1 Å². The molecule has 4 rings (SSSR count). The highest BCUT2D eigenvalue weighted by Crippen LogP contribution is 2.42. The molecule has 2 atom stereocenters. The molecule has 0 aliphatic carbocycles. The molecule has 2 aromatic carbocycles. The van der Waals surface area contributed by atoms with Crippen molar-refractivity contribution in [2.75, 3.05) is 26.4 Å². The molecule has 0 radical (unpaired) electrons. The first-order valence-corrected chi connectivity index (χ1v) is 16.4. The molecule has 2 unspecified atom stereocenters. The third-order valence-corrected chi connectivity index (χ3v) is 8.79. The third kappa shape index (κ3) is 10.8. The van der Waals surface area contributed by atoms with Gasteiger partial charge in [0.05, 0.1) is 43.2 Å². The summed E-state index contributed by atoms with van der Waals surface area (Å²) in [5.74, 6) is -2.97. The molecule has 0 N–H and O–H groups in total. The molecular formula is C35H35F3N4O7S. The average molecular weight is 713 g/mol. The van der Waals surface area contributed by atoms with E-state index in [1.807, 2.05) is 6.07 Å². The van der Waals surface area contributed by atoms with E-state index in [1.54, 1.807) is 31.2 Å². The minimum atomic E-state index is -1.71. The van der Waals surface area contributed by atoms with Crippen molar-refractivity contribution in [1.29, 1.82) is 5.26 Å². The fourth-order valence-corrected chi connectivity index (χ4v) is 6.28. The Balaban J connectivity index is 1.45. The Morgan fingerprint density at radius 1 is 1.16 bits per heavy atom. The van der Waals surface area contributed by atoms with Crippen LogP contribution in [0.2, 0.25) is 0 Å². The lowest BCUT2D eigenvalue weighted by Crippen LogP contribution is -2.47. The normalized spacial score (nSPS) is 17.9. The molecule has 1 saturated heterocycles. The first-order chi connectivity index (χ1) is 24.1. The van der Waals surface area contributed by atoms with Crippen molar-refractivity contribution < 1.29 is 46.4 Å². The van der Waals surface area contributed by atoms with Crippen LogP contribution in [0.15, 0.2) is 79.9 Å². The molecule has 264 valence electrons. The number of halogens is 3. The molecule has 1 aromatic heterocycles. The van der Waals surface area contributed by atoms with Gasteiger partial charge in [0.25, 0.3) is 0 Å². The van der Waals surface area contributed by atoms with E-state index in [0.29, 0.717) is 11.6 Å². The van der Waals surface area contributed by atoms with Crippen LogP contribution in [0.3, 0.4) is 0 Å². The SMILES string of the molecule is C=CCOC(=O)OCCCC(=O)OC(Cn1cncn1)(c1ccc(F)cc1F)C(C)SC1COC(C=CC=Cc2ccc(C#N)cc2F)OC1. The Kier molecular flexibility index (Phi) is 14.2. The minimum Gasteiger partial charge on any atom is -0.451 e. The topological polar surface area (TPSA) is 135 Å². The van der Waals surface area contributed by atoms with Gasteiger partial charge in [-0.1, -0.05) is 36.9 Å². The van der Waals surface area contributed by atoms with Crippen LogP contribution in [0.25, 0.3) is 6.08 Å². The molecule has 0 amide bonds. The van der Waals surface area contributed by atoms with Crippen LogP contribution in [0, 0.1) is 28.8 Å². The number of thioether (sulfide) groups is 1. The molecule has 1 aliphatic heterocycles. The van der Waals surface area contributed by atoms with Crippen LogP contribution < -0.4 is 0 Å². The van der Waals surface area contributed by atoms with Crippen molar-refractivity contribution in [2.24, 2.45) is 0 Å². The minimum absolute atomic E-state index is 0.0282. The molecule has 2 heterocycles. The van der Waals surface area contributed by atoms with Gasteiger partial charge < -0.3 is 23.7 Å². The van der Waals surface area contributed by atoms with Gasteiger partial charge in [-0.2, -0.15) is 10.4 Å². The predicted molar refractivity (Wildman–Crippen MR) is 177 cm³/mol. The van der Waals surface area contributed by atoms with E-state index in [9.17, 15) is 18.4 Å². The number of nitrogens with zero attached hydrogens (tertiary/aromatic N) is 4. The fraction of sp³-hybridized carbons (Fsp3) is 0.343. The molecular weight excluding hydrogens is 677 g/mol. The molecule has 3 aromatic rings. The predicted octanol–water partition coefficient (Wildman–Crippen LogP) is 6.26. The van der Waals surface area contributed by atoms with Crippen molar-refractivity contribution in [3.63, 3.8) is 0 Å². The Bertz CT molecular complexity index is 1710. The number of ether oxygens (including phenoxy) is 5. The number of carbonyl (C=O) groups excluding carboxylic acids is 2. The largest absolute Gasteiger partial charge is 0.508 e. The average Bonchev–Trinajstić information content (AvgIpc) is 3.61. The Labute approximate surface area is 291 Å². The first-order valence-electron chi connectivity index (χ1n) is 15.5. The Morgan fingerprint density at radius 3 is 2.64 bits per heavy atom. The monoisotopic (exact) mass is 712 g/mol. The van der Waals surface area contributed by atoms with Gasteiger partial charge in [0, 0.05) is 28.9 Å². The summed E-state index contributed by atoms with van der Waals surface area (Å²) in [5.41, 5.74) is -1.24. The lowest BCUT2D eigenvalue weighted by molar-refractivity contribution is -0.164. The van der Waals surface area contributed by atoms with Gasteiger partial charge in [-0.3, -0.25) is 4.79 Å². The molecule has 0 spiro atoms. The van der Waals surface area contributed by atoms with Crippen molar-refractivity contribution >= 4 is 30.0 Å². The number of rotatable bonds is 16. The van der Waals surface area contributed by atoms with Gasteiger partial charge in [-0.05, 0) is 43.7 Å². The van der Waals surface area contributed by atoms with E-state index in [4.69, 9.17) is 28.9 Å². The molecule has 1 fully saturated rings. The van der Waals surface area contributed by atoms with Crippen molar-refractivity contribution in [3.05, 3.63) is 114 Å². The smallest absolute Gasteiger partial charge is 0.451 e. The number of carbonyl (C=O) groups is 2. The zero-order valence-corrected chi connectivity index (χ0v) is 27.9. The highest BCUT2D eigenvalue weighted by atomic mass is 32.2. The number of allylic oxidation sites excluding steroid dienone is 2. The number of hydrogen-bond acceptors (Lipinski definition) is 11. The molecule has 15 heteroatoms. The maximum absolute atomic E-state index is 15.6. The van der Waals surface area contributed by atoms with Crippen LogP contribution in [-0.2, 0) is 40.6 Å². The van der Waals surface area contributed by atoms with Crippen molar-refractivity contribution in [2.45, 2.75) is 48.7 Å². The summed E-state index contributed by atoms with van der Waals surface area (Å²) < 4.78 is 72.7. The summed E-state index contributed by atoms with van der Waals surface area (Å²) in [6.07, 6.45) is 8.80. The maximum Gasteiger partial charge on any atom is 0.508 e. The second-order valence-electron chi connectivity index (χ2n) is 10.9. The standard InChI is InChI=1S/C35H35F3N4O7S/c1-3-14-45-34(44)46-15-6-8-32(43)49-35(21-42-23-40-22-41-42,29-13-12-27(36)17-31(29)38)24(2)50-28-19-47-33(48-20-28)9-5-4-7-26-11-10-25(18-39)16-30(26)37/h3-5,7,9-13,16-17,22-24,28,33H,1,6,8,14-15,19-21H2,2H3. The molecule has 11 nitrogen and oxygen atoms in total. The van der Waals surface area contributed by atoms with Crippen LogP contribution in [-0.4, -0.2) is 70.1 Å². The number of nitriles is 1. The first kappa shape index (κ1) is 37.9. The van der Waals surface area contributed by atoms with Gasteiger partial charge in [-0.15, -0.1) is 11.8 Å². The van der Waals surface area contributed by atoms with Gasteiger partial charge in [0.15, 0.2) is 11.9 Å². The van der Waals surface area contributed by atoms with E-state index in [-0.39, 0.29) is 62.2 Å². The summed E-state index contributed by atoms with van der Waals surface area (Å²) in [4.78, 5) is 28.9. The van der Waals surface area contributed by atoms with Crippen molar-refractivity contribution in [3.8, 4) is 6.07 Å². The van der Waals surface area contributed by atoms with E-state index in [0.717, 1.165) is 12.1 Å². The Morgan fingerprint density at radius 2 is 1.96 bits per heavy atom. The molecule has 1 aliphatic rings. The summed E-state index contributed by atoms with van der Waals surface area (Å²) >= 11 is 1.33. The van der Waals surface area contributed by atoms with E-state index in [2.05, 4.69) is 16.7 Å². The summed E-state index contributed by atoms with van der Waals surface area (Å²) in [5, 5.41) is 12.1. The summed E-state index contributed by atoms with van der Waals surface area (Å²) in [6.45, 7) is 5.30. The highest BCUT2D eigenvalue weighted by molar-refractivity contribution is 8.00. The molecule has 50 heavy (non-hydrogen) atoms. The van der Waals surface area contributed by atoms with E-state index >= 15 is 4.39 Å². The second kappa shape index (κ2) is 18.7. The third-order valence-electron chi connectivity index (χ3n) is 7.34. The summed E-state index contributed by atoms with van der Waals surface area (Å²) in [7, 11) is 0. The fourth-order valence-electron chi connectivity index (χ4n) is 4.92. The van der Waals surface area contributed by atoms with Gasteiger partial charge in [0.1, 0.15) is 36.7 Å². The van der Waals surface area contributed by atoms with Crippen molar-refractivity contribution in [1.82, 2.24) is 14.8 Å². The summed E-state index contributed by atoms with van der Waals surface area (Å²) in [6, 6.07) is 9.10. The van der Waals surface area contributed by atoms with Gasteiger partial charge in [0.2, 0.25) is 0 Å². The van der Waals surface area contributed by atoms with Crippen LogP contribution in [0.1, 0.15) is 36.5 Å². The number of esters is 1. The highest BCUT2D eigenvalue weighted by Gasteiger charge is 2.46. The lowest BCUT2D eigenvalue weighted by Gasteiger charge is -2.40. The molecule has 0 bridgehead atoms. The lowest BCUT2D eigenvalue weighted by atomic mass is 9.89. The number of benzene rings is 2. The zero-order chi connectivity index (χ0) is 35.9. The van der Waals surface area contributed by atoms with E-state index in [1.165, 1.54) is 53.4 Å². The van der Waals surface area contributed by atoms with Gasteiger partial charge in [-0.25, -0.2) is 27.6 Å².